The Morgan fingerprint density at radius 3 is 3.16 bits per heavy atom. The zero-order chi connectivity index (χ0) is 13.8. The molecule has 0 bridgehead atoms. The summed E-state index contributed by atoms with van der Waals surface area (Å²) in [5, 5.41) is 2.82. The topological polar surface area (TPSA) is 82.2 Å². The van der Waals surface area contributed by atoms with E-state index in [2.05, 4.69) is 10.3 Å². The van der Waals surface area contributed by atoms with Crippen LogP contribution in [0.25, 0.3) is 0 Å². The molecule has 3 atom stereocenters. The third kappa shape index (κ3) is 2.96. The number of likely N-dealkylation sites (N-methyl/N-ethyl adjacent to an activating group) is 1. The van der Waals surface area contributed by atoms with Gasteiger partial charge in [-0.15, -0.1) is 0 Å². The first-order valence-electron chi connectivity index (χ1n) is 6.78. The van der Waals surface area contributed by atoms with E-state index in [0.29, 0.717) is 19.1 Å². The number of nitrogens with one attached hydrogen (secondary N) is 1. The molecule has 2 rings (SSSR count). The average molecular weight is 266 g/mol. The number of hydrogen-bond acceptors (Lipinski definition) is 4. The van der Waals surface area contributed by atoms with Crippen LogP contribution in [-0.2, 0) is 9.53 Å². The number of ether oxygens (including phenoxy) is 1. The number of nitrogens with two attached hydrogens (primary N) is 1. The van der Waals surface area contributed by atoms with Gasteiger partial charge in [-0.3, -0.25) is 4.79 Å². The van der Waals surface area contributed by atoms with Gasteiger partial charge < -0.3 is 20.4 Å². The van der Waals surface area contributed by atoms with Crippen molar-refractivity contribution in [2.45, 2.75) is 32.4 Å². The molecule has 1 aliphatic rings. The number of amides is 1. The molecule has 1 amide bonds. The van der Waals surface area contributed by atoms with Crippen molar-refractivity contribution in [3.05, 3.63) is 18.2 Å². The minimum absolute atomic E-state index is 0.0170. The molecule has 19 heavy (non-hydrogen) atoms. The lowest BCUT2D eigenvalue weighted by Gasteiger charge is -2.22. The highest BCUT2D eigenvalue weighted by atomic mass is 16.5. The molecule has 0 aromatic carbocycles. The SMILES string of the molecule is CCNC(=O)C(C)n1cncc1C(N)C1CCOC1. The molecule has 2 heterocycles. The van der Waals surface area contributed by atoms with Crippen molar-refractivity contribution in [2.75, 3.05) is 19.8 Å². The predicted octanol–water partition coefficient (Wildman–Crippen LogP) is 0.616. The maximum absolute atomic E-state index is 11.9. The Morgan fingerprint density at radius 1 is 1.74 bits per heavy atom. The van der Waals surface area contributed by atoms with Crippen LogP contribution in [0.3, 0.4) is 0 Å². The first kappa shape index (κ1) is 14.0. The molecule has 1 aliphatic heterocycles. The molecule has 1 saturated heterocycles. The number of rotatable bonds is 5. The number of hydrogen-bond donors (Lipinski definition) is 2. The van der Waals surface area contributed by atoms with Gasteiger partial charge in [-0.2, -0.15) is 0 Å². The van der Waals surface area contributed by atoms with Crippen LogP contribution >= 0.6 is 0 Å². The molecule has 0 saturated carbocycles. The van der Waals surface area contributed by atoms with Crippen LogP contribution in [0, 0.1) is 5.92 Å². The van der Waals surface area contributed by atoms with E-state index < -0.39 is 0 Å². The lowest BCUT2D eigenvalue weighted by Crippen LogP contribution is -2.33. The van der Waals surface area contributed by atoms with Crippen molar-refractivity contribution in [1.82, 2.24) is 14.9 Å². The maximum Gasteiger partial charge on any atom is 0.242 e. The monoisotopic (exact) mass is 266 g/mol. The third-order valence-electron chi connectivity index (χ3n) is 3.66. The van der Waals surface area contributed by atoms with Gasteiger partial charge in [0.2, 0.25) is 5.91 Å². The Balaban J connectivity index is 2.14. The summed E-state index contributed by atoms with van der Waals surface area (Å²) < 4.78 is 7.23. The second-order valence-electron chi connectivity index (χ2n) is 4.95. The van der Waals surface area contributed by atoms with E-state index in [4.69, 9.17) is 10.5 Å². The number of carbonyl (C=O) groups is 1. The minimum atomic E-state index is -0.300. The highest BCUT2D eigenvalue weighted by Crippen LogP contribution is 2.27. The normalized spacial score (nSPS) is 22.2. The third-order valence-corrected chi connectivity index (χ3v) is 3.66. The van der Waals surface area contributed by atoms with Crippen LogP contribution in [0.2, 0.25) is 0 Å². The van der Waals surface area contributed by atoms with Crippen LogP contribution in [-0.4, -0.2) is 35.2 Å². The van der Waals surface area contributed by atoms with Crippen LogP contribution in [0.1, 0.15) is 38.0 Å². The fourth-order valence-electron chi connectivity index (χ4n) is 2.42. The van der Waals surface area contributed by atoms with Crippen molar-refractivity contribution in [1.29, 1.82) is 0 Å². The fourth-order valence-corrected chi connectivity index (χ4v) is 2.42. The Kier molecular flexibility index (Phi) is 4.55. The highest BCUT2D eigenvalue weighted by molar-refractivity contribution is 5.79. The summed E-state index contributed by atoms with van der Waals surface area (Å²) in [7, 11) is 0. The molecule has 1 fully saturated rings. The summed E-state index contributed by atoms with van der Waals surface area (Å²) in [6, 6.07) is -0.437. The van der Waals surface area contributed by atoms with Gasteiger partial charge in [-0.05, 0) is 20.3 Å². The minimum Gasteiger partial charge on any atom is -0.381 e. The van der Waals surface area contributed by atoms with Gasteiger partial charge in [0.05, 0.1) is 24.7 Å². The van der Waals surface area contributed by atoms with Gasteiger partial charge >= 0.3 is 0 Å². The first-order chi connectivity index (χ1) is 9.15. The zero-order valence-electron chi connectivity index (χ0n) is 11.5. The summed E-state index contributed by atoms with van der Waals surface area (Å²) in [4.78, 5) is 16.1. The van der Waals surface area contributed by atoms with Gasteiger partial charge in [0.25, 0.3) is 0 Å². The van der Waals surface area contributed by atoms with E-state index in [1.54, 1.807) is 12.5 Å². The van der Waals surface area contributed by atoms with Crippen LogP contribution in [0.15, 0.2) is 12.5 Å². The van der Waals surface area contributed by atoms with Gasteiger partial charge in [0.1, 0.15) is 6.04 Å². The second kappa shape index (κ2) is 6.16. The largest absolute Gasteiger partial charge is 0.381 e. The Bertz CT molecular complexity index is 426. The zero-order valence-corrected chi connectivity index (χ0v) is 11.5. The Labute approximate surface area is 113 Å². The van der Waals surface area contributed by atoms with Crippen molar-refractivity contribution < 1.29 is 9.53 Å². The van der Waals surface area contributed by atoms with Crippen LogP contribution in [0.4, 0.5) is 0 Å². The maximum atomic E-state index is 11.9. The molecule has 6 heteroatoms. The summed E-state index contributed by atoms with van der Waals surface area (Å²) in [5.41, 5.74) is 7.18. The van der Waals surface area contributed by atoms with E-state index >= 15 is 0 Å². The van der Waals surface area contributed by atoms with E-state index in [-0.39, 0.29) is 18.0 Å². The van der Waals surface area contributed by atoms with Crippen LogP contribution in [0.5, 0.6) is 0 Å². The summed E-state index contributed by atoms with van der Waals surface area (Å²) in [6.45, 7) is 5.82. The van der Waals surface area contributed by atoms with Gasteiger partial charge in [0.15, 0.2) is 0 Å². The van der Waals surface area contributed by atoms with Crippen LogP contribution < -0.4 is 11.1 Å². The summed E-state index contributed by atoms with van der Waals surface area (Å²) in [6.07, 6.45) is 4.38. The van der Waals surface area contributed by atoms with E-state index in [9.17, 15) is 4.79 Å². The van der Waals surface area contributed by atoms with Gasteiger partial charge in [0, 0.05) is 25.3 Å². The molecular formula is C13H22N4O2. The van der Waals surface area contributed by atoms with Gasteiger partial charge in [-0.1, -0.05) is 0 Å². The molecule has 0 aliphatic carbocycles. The average Bonchev–Trinajstić information content (AvgIpc) is 3.08. The van der Waals surface area contributed by atoms with E-state index in [0.717, 1.165) is 18.7 Å². The van der Waals surface area contributed by atoms with E-state index in [1.807, 2.05) is 18.4 Å². The Morgan fingerprint density at radius 2 is 2.53 bits per heavy atom. The Hall–Kier alpha value is -1.40. The molecule has 6 nitrogen and oxygen atoms in total. The smallest absolute Gasteiger partial charge is 0.242 e. The quantitative estimate of drug-likeness (QED) is 0.818. The molecule has 1 aromatic heterocycles. The number of carbonyl (C=O) groups excluding carboxylic acids is 1. The predicted molar refractivity (Wildman–Crippen MR) is 71.5 cm³/mol. The molecule has 0 radical (unpaired) electrons. The summed E-state index contributed by atoms with van der Waals surface area (Å²) in [5.74, 6) is 0.286. The fraction of sp³-hybridized carbons (Fsp3) is 0.692. The van der Waals surface area contributed by atoms with Crippen molar-refractivity contribution in [3.8, 4) is 0 Å². The van der Waals surface area contributed by atoms with Crippen molar-refractivity contribution in [2.24, 2.45) is 11.7 Å². The molecule has 3 unspecified atom stereocenters. The second-order valence-corrected chi connectivity index (χ2v) is 4.95. The van der Waals surface area contributed by atoms with Gasteiger partial charge in [-0.25, -0.2) is 4.98 Å². The number of aromatic nitrogens is 2. The first-order valence-corrected chi connectivity index (χ1v) is 6.78. The number of nitrogens with zero attached hydrogens (tertiary/aromatic N) is 2. The lowest BCUT2D eigenvalue weighted by molar-refractivity contribution is -0.123. The molecular weight excluding hydrogens is 244 g/mol. The van der Waals surface area contributed by atoms with Crippen molar-refractivity contribution in [3.63, 3.8) is 0 Å². The molecule has 1 aromatic rings. The summed E-state index contributed by atoms with van der Waals surface area (Å²) >= 11 is 0. The molecule has 106 valence electrons. The van der Waals surface area contributed by atoms with E-state index in [1.165, 1.54) is 0 Å². The van der Waals surface area contributed by atoms with Crippen molar-refractivity contribution >= 4 is 5.91 Å². The highest BCUT2D eigenvalue weighted by Gasteiger charge is 2.28. The lowest BCUT2D eigenvalue weighted by atomic mass is 9.97. The molecule has 0 spiro atoms. The molecule has 3 N–H and O–H groups in total. The standard InChI is InChI=1S/C13H22N4O2/c1-3-16-13(18)9(2)17-8-15-6-11(17)12(14)10-4-5-19-7-10/h6,8-10,12H,3-5,7,14H2,1-2H3,(H,16,18). The number of imidazole rings is 1.